The highest BCUT2D eigenvalue weighted by Crippen LogP contribution is 2.12. The molecular formula is C15H21ClN2O2. The van der Waals surface area contributed by atoms with Crippen LogP contribution in [0.2, 0.25) is 0 Å². The standard InChI is InChI=1S/C15H20N2O2.ClH/c1-11(18)13-4-2-3-5-14(13)15(19)17-9-7-12-6-8-16-10-12;/h2-5,12,16H,6-10H2,1H3,(H,17,19);1H. The molecule has 110 valence electrons. The van der Waals surface area contributed by atoms with Gasteiger partial charge in [0.2, 0.25) is 0 Å². The van der Waals surface area contributed by atoms with Gasteiger partial charge in [-0.2, -0.15) is 0 Å². The van der Waals surface area contributed by atoms with Gasteiger partial charge in [0, 0.05) is 12.1 Å². The molecule has 2 rings (SSSR count). The van der Waals surface area contributed by atoms with Crippen LogP contribution in [0.1, 0.15) is 40.5 Å². The third kappa shape index (κ3) is 4.32. The summed E-state index contributed by atoms with van der Waals surface area (Å²) in [5.74, 6) is 0.422. The summed E-state index contributed by atoms with van der Waals surface area (Å²) in [4.78, 5) is 23.5. The third-order valence-electron chi connectivity index (χ3n) is 3.55. The molecule has 5 heteroatoms. The summed E-state index contributed by atoms with van der Waals surface area (Å²) >= 11 is 0. The van der Waals surface area contributed by atoms with Crippen LogP contribution in [0.4, 0.5) is 0 Å². The van der Waals surface area contributed by atoms with Crippen LogP contribution in [-0.4, -0.2) is 31.3 Å². The monoisotopic (exact) mass is 296 g/mol. The molecular weight excluding hydrogens is 276 g/mol. The molecule has 0 aromatic heterocycles. The summed E-state index contributed by atoms with van der Waals surface area (Å²) in [6.45, 7) is 4.26. The van der Waals surface area contributed by atoms with E-state index in [-0.39, 0.29) is 24.1 Å². The maximum atomic E-state index is 12.1. The minimum absolute atomic E-state index is 0. The highest BCUT2D eigenvalue weighted by molar-refractivity contribution is 6.07. The van der Waals surface area contributed by atoms with Gasteiger partial charge in [-0.15, -0.1) is 12.4 Å². The average Bonchev–Trinajstić information content (AvgIpc) is 2.91. The zero-order valence-electron chi connectivity index (χ0n) is 11.6. The maximum absolute atomic E-state index is 12.1. The molecule has 1 amide bonds. The SMILES string of the molecule is CC(=O)c1ccccc1C(=O)NCCC1CCNC1.Cl. The Labute approximate surface area is 125 Å². The van der Waals surface area contributed by atoms with E-state index in [0.29, 0.717) is 23.6 Å². The molecule has 1 heterocycles. The van der Waals surface area contributed by atoms with Crippen LogP contribution in [0.15, 0.2) is 24.3 Å². The quantitative estimate of drug-likeness (QED) is 0.818. The number of halogens is 1. The Balaban J connectivity index is 0.00000200. The summed E-state index contributed by atoms with van der Waals surface area (Å²) < 4.78 is 0. The first kappa shape index (κ1) is 16.7. The van der Waals surface area contributed by atoms with E-state index >= 15 is 0 Å². The summed E-state index contributed by atoms with van der Waals surface area (Å²) in [5, 5.41) is 6.21. The van der Waals surface area contributed by atoms with Crippen molar-refractivity contribution in [3.05, 3.63) is 35.4 Å². The second-order valence-electron chi connectivity index (χ2n) is 5.01. The van der Waals surface area contributed by atoms with Gasteiger partial charge < -0.3 is 10.6 Å². The number of nitrogens with one attached hydrogen (secondary N) is 2. The predicted octanol–water partition coefficient (Wildman–Crippen LogP) is 2.04. The smallest absolute Gasteiger partial charge is 0.252 e. The van der Waals surface area contributed by atoms with Gasteiger partial charge in [-0.05, 0) is 44.8 Å². The van der Waals surface area contributed by atoms with Crippen molar-refractivity contribution in [3.8, 4) is 0 Å². The Morgan fingerprint density at radius 2 is 2.00 bits per heavy atom. The second kappa shape index (κ2) is 8.02. The van der Waals surface area contributed by atoms with Crippen LogP contribution < -0.4 is 10.6 Å². The lowest BCUT2D eigenvalue weighted by molar-refractivity contribution is 0.0937. The van der Waals surface area contributed by atoms with Crippen molar-refractivity contribution in [2.24, 2.45) is 5.92 Å². The molecule has 0 saturated carbocycles. The number of hydrogen-bond donors (Lipinski definition) is 2. The van der Waals surface area contributed by atoms with Crippen molar-refractivity contribution < 1.29 is 9.59 Å². The molecule has 0 spiro atoms. The average molecular weight is 297 g/mol. The van der Waals surface area contributed by atoms with E-state index in [1.54, 1.807) is 24.3 Å². The Hall–Kier alpha value is -1.39. The van der Waals surface area contributed by atoms with Crippen molar-refractivity contribution in [1.82, 2.24) is 10.6 Å². The van der Waals surface area contributed by atoms with E-state index in [1.165, 1.54) is 13.3 Å². The minimum atomic E-state index is -0.156. The van der Waals surface area contributed by atoms with E-state index in [2.05, 4.69) is 10.6 Å². The lowest BCUT2D eigenvalue weighted by Crippen LogP contribution is -2.27. The fraction of sp³-hybridized carbons (Fsp3) is 0.467. The molecule has 1 unspecified atom stereocenters. The summed E-state index contributed by atoms with van der Waals surface area (Å²) in [5.41, 5.74) is 0.960. The van der Waals surface area contributed by atoms with Crippen LogP contribution in [0.25, 0.3) is 0 Å². The molecule has 2 N–H and O–H groups in total. The van der Waals surface area contributed by atoms with E-state index in [4.69, 9.17) is 0 Å². The summed E-state index contributed by atoms with van der Waals surface area (Å²) in [6, 6.07) is 6.95. The minimum Gasteiger partial charge on any atom is -0.352 e. The Morgan fingerprint density at radius 1 is 1.30 bits per heavy atom. The number of rotatable bonds is 5. The topological polar surface area (TPSA) is 58.2 Å². The lowest BCUT2D eigenvalue weighted by atomic mass is 10.0. The Bertz CT molecular complexity index is 471. The number of benzene rings is 1. The predicted molar refractivity (Wildman–Crippen MR) is 81.6 cm³/mol. The molecule has 4 nitrogen and oxygen atoms in total. The largest absolute Gasteiger partial charge is 0.352 e. The van der Waals surface area contributed by atoms with Gasteiger partial charge in [0.1, 0.15) is 0 Å². The second-order valence-corrected chi connectivity index (χ2v) is 5.01. The molecule has 20 heavy (non-hydrogen) atoms. The molecule has 1 aromatic rings. The lowest BCUT2D eigenvalue weighted by Gasteiger charge is -2.10. The fourth-order valence-electron chi connectivity index (χ4n) is 2.43. The van der Waals surface area contributed by atoms with Crippen molar-refractivity contribution >= 4 is 24.1 Å². The van der Waals surface area contributed by atoms with Crippen LogP contribution in [-0.2, 0) is 0 Å². The molecule has 0 aliphatic carbocycles. The summed E-state index contributed by atoms with van der Waals surface area (Å²) in [6.07, 6.45) is 2.17. The van der Waals surface area contributed by atoms with E-state index in [1.807, 2.05) is 0 Å². The number of amides is 1. The molecule has 1 aliphatic heterocycles. The Morgan fingerprint density at radius 3 is 2.60 bits per heavy atom. The number of ketones is 1. The zero-order chi connectivity index (χ0) is 13.7. The molecule has 0 bridgehead atoms. The first-order chi connectivity index (χ1) is 9.18. The highest BCUT2D eigenvalue weighted by atomic mass is 35.5. The number of carbonyl (C=O) groups is 2. The van der Waals surface area contributed by atoms with Gasteiger partial charge in [0.15, 0.2) is 5.78 Å². The Kier molecular flexibility index (Phi) is 6.68. The van der Waals surface area contributed by atoms with Gasteiger partial charge in [-0.3, -0.25) is 9.59 Å². The van der Waals surface area contributed by atoms with E-state index in [9.17, 15) is 9.59 Å². The van der Waals surface area contributed by atoms with Crippen LogP contribution in [0.3, 0.4) is 0 Å². The van der Waals surface area contributed by atoms with Crippen molar-refractivity contribution in [2.45, 2.75) is 19.8 Å². The molecule has 1 aliphatic rings. The van der Waals surface area contributed by atoms with Gasteiger partial charge in [0.05, 0.1) is 5.56 Å². The van der Waals surface area contributed by atoms with Crippen LogP contribution in [0, 0.1) is 5.92 Å². The van der Waals surface area contributed by atoms with Crippen LogP contribution in [0.5, 0.6) is 0 Å². The fourth-order valence-corrected chi connectivity index (χ4v) is 2.43. The summed E-state index contributed by atoms with van der Waals surface area (Å²) in [7, 11) is 0. The van der Waals surface area contributed by atoms with Gasteiger partial charge >= 0.3 is 0 Å². The molecule has 1 aromatic carbocycles. The maximum Gasteiger partial charge on any atom is 0.252 e. The van der Waals surface area contributed by atoms with Crippen molar-refractivity contribution in [1.29, 1.82) is 0 Å². The number of carbonyl (C=O) groups excluding carboxylic acids is 2. The number of Topliss-reactive ketones (excluding diaryl/α,β-unsaturated/α-hetero) is 1. The highest BCUT2D eigenvalue weighted by Gasteiger charge is 2.16. The first-order valence-electron chi connectivity index (χ1n) is 6.77. The van der Waals surface area contributed by atoms with E-state index < -0.39 is 0 Å². The van der Waals surface area contributed by atoms with Gasteiger partial charge in [0.25, 0.3) is 5.91 Å². The van der Waals surface area contributed by atoms with Crippen molar-refractivity contribution in [3.63, 3.8) is 0 Å². The van der Waals surface area contributed by atoms with Gasteiger partial charge in [-0.25, -0.2) is 0 Å². The zero-order valence-corrected chi connectivity index (χ0v) is 12.5. The normalized spacial score (nSPS) is 17.4. The number of hydrogen-bond acceptors (Lipinski definition) is 3. The third-order valence-corrected chi connectivity index (χ3v) is 3.55. The molecule has 1 atom stereocenters. The molecule has 1 saturated heterocycles. The van der Waals surface area contributed by atoms with Gasteiger partial charge in [-0.1, -0.05) is 18.2 Å². The van der Waals surface area contributed by atoms with E-state index in [0.717, 1.165) is 19.5 Å². The van der Waals surface area contributed by atoms with Crippen LogP contribution >= 0.6 is 12.4 Å². The molecule has 1 fully saturated rings. The first-order valence-corrected chi connectivity index (χ1v) is 6.77. The van der Waals surface area contributed by atoms with Crippen molar-refractivity contribution in [2.75, 3.05) is 19.6 Å². The molecule has 0 radical (unpaired) electrons.